The van der Waals surface area contributed by atoms with Crippen LogP contribution in [0.25, 0.3) is 6.08 Å². The number of amides is 1. The van der Waals surface area contributed by atoms with Crippen molar-refractivity contribution >= 4 is 29.4 Å². The molecule has 1 fully saturated rings. The van der Waals surface area contributed by atoms with Crippen LogP contribution in [0.5, 0.6) is 11.5 Å². The van der Waals surface area contributed by atoms with Gasteiger partial charge in [-0.1, -0.05) is 36.9 Å². The van der Waals surface area contributed by atoms with Crippen molar-refractivity contribution in [2.24, 2.45) is 0 Å². The molecule has 1 saturated heterocycles. The van der Waals surface area contributed by atoms with Crippen molar-refractivity contribution in [2.75, 3.05) is 19.0 Å². The van der Waals surface area contributed by atoms with Gasteiger partial charge in [0.25, 0.3) is 5.91 Å². The molecule has 0 radical (unpaired) electrons. The number of nitrogens with one attached hydrogen (secondary N) is 2. The predicted molar refractivity (Wildman–Crippen MR) is 111 cm³/mol. The van der Waals surface area contributed by atoms with Crippen LogP contribution in [0.1, 0.15) is 25.0 Å². The summed E-state index contributed by atoms with van der Waals surface area (Å²) >= 11 is 1.46. The minimum absolute atomic E-state index is 0.0866. The SMILES string of the molecule is CCOc1cc(/C=C2\S[C@@H](Nc3ccc(CC)cc3)NC2=O)ccc1OC. The molecular formula is C21H24N2O3S. The van der Waals surface area contributed by atoms with Gasteiger partial charge in [0.15, 0.2) is 17.0 Å². The first-order valence-electron chi connectivity index (χ1n) is 8.98. The molecule has 3 rings (SSSR count). The highest BCUT2D eigenvalue weighted by Crippen LogP contribution is 2.33. The van der Waals surface area contributed by atoms with E-state index < -0.39 is 0 Å². The number of carbonyl (C=O) groups excluding carboxylic acids is 1. The van der Waals surface area contributed by atoms with E-state index in [9.17, 15) is 4.79 Å². The molecule has 1 heterocycles. The molecule has 0 saturated carbocycles. The minimum atomic E-state index is -0.194. The molecule has 0 aromatic heterocycles. The third-order valence-electron chi connectivity index (χ3n) is 4.18. The molecular weight excluding hydrogens is 360 g/mol. The zero-order chi connectivity index (χ0) is 19.2. The van der Waals surface area contributed by atoms with Crippen molar-refractivity contribution in [3.8, 4) is 11.5 Å². The maximum Gasteiger partial charge on any atom is 0.260 e. The number of anilines is 1. The second-order valence-electron chi connectivity index (χ2n) is 6.02. The number of hydrogen-bond donors (Lipinski definition) is 2. The van der Waals surface area contributed by atoms with Crippen LogP contribution in [0.2, 0.25) is 0 Å². The van der Waals surface area contributed by atoms with Crippen LogP contribution < -0.4 is 20.1 Å². The Balaban J connectivity index is 1.71. The normalized spacial score (nSPS) is 17.7. The predicted octanol–water partition coefficient (Wildman–Crippen LogP) is 4.26. The molecule has 0 spiro atoms. The smallest absolute Gasteiger partial charge is 0.260 e. The van der Waals surface area contributed by atoms with Crippen LogP contribution in [0.4, 0.5) is 5.69 Å². The van der Waals surface area contributed by atoms with Crippen LogP contribution in [0.3, 0.4) is 0 Å². The molecule has 27 heavy (non-hydrogen) atoms. The fourth-order valence-electron chi connectivity index (χ4n) is 2.76. The van der Waals surface area contributed by atoms with Gasteiger partial charge in [0.2, 0.25) is 0 Å². The van der Waals surface area contributed by atoms with Crippen LogP contribution >= 0.6 is 11.8 Å². The molecule has 5 nitrogen and oxygen atoms in total. The van der Waals surface area contributed by atoms with Crippen LogP contribution in [0.15, 0.2) is 47.4 Å². The summed E-state index contributed by atoms with van der Waals surface area (Å²) in [5.41, 5.74) is 2.97. The van der Waals surface area contributed by atoms with E-state index in [4.69, 9.17) is 9.47 Å². The van der Waals surface area contributed by atoms with Crippen molar-refractivity contribution in [3.63, 3.8) is 0 Å². The van der Waals surface area contributed by atoms with Crippen LogP contribution in [-0.4, -0.2) is 25.1 Å². The standard InChI is InChI=1S/C21H24N2O3S/c1-4-14-6-9-16(10-7-14)22-21-23-20(24)19(27-21)13-15-8-11-17(25-3)18(12-15)26-5-2/h6-13,21-22H,4-5H2,1-3H3,(H,23,24)/b19-13-/t21-/m0/s1. The van der Waals surface area contributed by atoms with Crippen molar-refractivity contribution in [2.45, 2.75) is 25.8 Å². The number of rotatable bonds is 7. The fraction of sp³-hybridized carbons (Fsp3) is 0.286. The molecule has 1 atom stereocenters. The number of benzene rings is 2. The number of carbonyl (C=O) groups is 1. The maximum atomic E-state index is 12.3. The monoisotopic (exact) mass is 384 g/mol. The molecule has 0 unspecified atom stereocenters. The Kier molecular flexibility index (Phi) is 6.29. The average molecular weight is 385 g/mol. The van der Waals surface area contributed by atoms with Gasteiger partial charge < -0.3 is 20.1 Å². The first-order valence-corrected chi connectivity index (χ1v) is 9.86. The number of thioether (sulfide) groups is 1. The molecule has 0 aliphatic carbocycles. The zero-order valence-electron chi connectivity index (χ0n) is 15.7. The van der Waals surface area contributed by atoms with Crippen LogP contribution in [-0.2, 0) is 11.2 Å². The van der Waals surface area contributed by atoms with Gasteiger partial charge in [-0.2, -0.15) is 0 Å². The summed E-state index contributed by atoms with van der Waals surface area (Å²) in [5, 5.41) is 6.29. The summed E-state index contributed by atoms with van der Waals surface area (Å²) in [4.78, 5) is 13.0. The van der Waals surface area contributed by atoms with Gasteiger partial charge in [-0.25, -0.2) is 0 Å². The second-order valence-corrected chi connectivity index (χ2v) is 7.16. The lowest BCUT2D eigenvalue weighted by Gasteiger charge is -2.13. The van der Waals surface area contributed by atoms with Crippen LogP contribution in [0, 0.1) is 0 Å². The molecule has 1 amide bonds. The molecule has 1 aliphatic rings. The Labute approximate surface area is 164 Å². The minimum Gasteiger partial charge on any atom is -0.493 e. The van der Waals surface area contributed by atoms with E-state index in [0.29, 0.717) is 23.0 Å². The van der Waals surface area contributed by atoms with E-state index in [1.807, 2.05) is 43.3 Å². The van der Waals surface area contributed by atoms with Gasteiger partial charge in [-0.05, 0) is 54.8 Å². The zero-order valence-corrected chi connectivity index (χ0v) is 16.6. The first-order chi connectivity index (χ1) is 13.1. The third-order valence-corrected chi connectivity index (χ3v) is 5.20. The summed E-state index contributed by atoms with van der Waals surface area (Å²) < 4.78 is 10.9. The Morgan fingerprint density at radius 1 is 1.15 bits per heavy atom. The van der Waals surface area contributed by atoms with Gasteiger partial charge in [0, 0.05) is 5.69 Å². The first kappa shape index (κ1) is 19.2. The molecule has 2 N–H and O–H groups in total. The lowest BCUT2D eigenvalue weighted by molar-refractivity contribution is -0.116. The van der Waals surface area contributed by atoms with Gasteiger partial charge in [0.05, 0.1) is 18.6 Å². The lowest BCUT2D eigenvalue weighted by atomic mass is 10.1. The molecule has 142 valence electrons. The molecule has 6 heteroatoms. The van der Waals surface area contributed by atoms with E-state index in [-0.39, 0.29) is 11.4 Å². The summed E-state index contributed by atoms with van der Waals surface area (Å²) in [6, 6.07) is 13.9. The largest absolute Gasteiger partial charge is 0.493 e. The fourth-order valence-corrected chi connectivity index (χ4v) is 3.74. The summed E-state index contributed by atoms with van der Waals surface area (Å²) in [6.45, 7) is 4.60. The van der Waals surface area contributed by atoms with E-state index >= 15 is 0 Å². The quantitative estimate of drug-likeness (QED) is 0.699. The second kappa shape index (κ2) is 8.86. The Morgan fingerprint density at radius 2 is 1.93 bits per heavy atom. The number of hydrogen-bond acceptors (Lipinski definition) is 5. The number of aryl methyl sites for hydroxylation is 1. The van der Waals surface area contributed by atoms with Gasteiger partial charge in [0.1, 0.15) is 0 Å². The highest BCUT2D eigenvalue weighted by atomic mass is 32.2. The maximum absolute atomic E-state index is 12.3. The Hall–Kier alpha value is -2.60. The molecule has 2 aromatic carbocycles. The van der Waals surface area contributed by atoms with E-state index in [2.05, 4.69) is 29.7 Å². The highest BCUT2D eigenvalue weighted by Gasteiger charge is 2.27. The molecule has 1 aliphatic heterocycles. The topological polar surface area (TPSA) is 59.6 Å². The lowest BCUT2D eigenvalue weighted by Crippen LogP contribution is -2.30. The van der Waals surface area contributed by atoms with Gasteiger partial charge in [-0.3, -0.25) is 4.79 Å². The summed E-state index contributed by atoms with van der Waals surface area (Å²) in [6.07, 6.45) is 2.87. The number of methoxy groups -OCH3 is 1. The van der Waals surface area contributed by atoms with Crippen molar-refractivity contribution in [1.29, 1.82) is 0 Å². The van der Waals surface area contributed by atoms with Crippen molar-refractivity contribution in [3.05, 3.63) is 58.5 Å². The van der Waals surface area contributed by atoms with Crippen molar-refractivity contribution in [1.82, 2.24) is 5.32 Å². The Morgan fingerprint density at radius 3 is 2.59 bits per heavy atom. The number of ether oxygens (including phenoxy) is 2. The van der Waals surface area contributed by atoms with Gasteiger partial charge >= 0.3 is 0 Å². The van der Waals surface area contributed by atoms with E-state index in [1.54, 1.807) is 7.11 Å². The van der Waals surface area contributed by atoms with Gasteiger partial charge in [-0.15, -0.1) is 0 Å². The van der Waals surface area contributed by atoms with Crippen molar-refractivity contribution < 1.29 is 14.3 Å². The summed E-state index contributed by atoms with van der Waals surface area (Å²) in [7, 11) is 1.61. The average Bonchev–Trinajstić information content (AvgIpc) is 3.02. The summed E-state index contributed by atoms with van der Waals surface area (Å²) in [5.74, 6) is 1.26. The molecule has 0 bridgehead atoms. The van der Waals surface area contributed by atoms with E-state index in [1.165, 1.54) is 17.3 Å². The molecule has 2 aromatic rings. The van der Waals surface area contributed by atoms with E-state index in [0.717, 1.165) is 17.7 Å². The Bertz CT molecular complexity index is 834. The third kappa shape index (κ3) is 4.77. The highest BCUT2D eigenvalue weighted by molar-refractivity contribution is 8.05.